The van der Waals surface area contributed by atoms with Gasteiger partial charge in [-0.25, -0.2) is 4.79 Å². The lowest BCUT2D eigenvalue weighted by Gasteiger charge is -2.02. The Labute approximate surface area is 127 Å². The van der Waals surface area contributed by atoms with E-state index in [1.807, 2.05) is 30.3 Å². The van der Waals surface area contributed by atoms with E-state index < -0.39 is 0 Å². The van der Waals surface area contributed by atoms with Gasteiger partial charge in [0.2, 0.25) is 0 Å². The molecule has 106 valence electrons. The summed E-state index contributed by atoms with van der Waals surface area (Å²) in [6.07, 6.45) is 0. The van der Waals surface area contributed by atoms with Crippen LogP contribution in [0.25, 0.3) is 22.2 Å². The van der Waals surface area contributed by atoms with Crippen molar-refractivity contribution in [2.24, 2.45) is 0 Å². The van der Waals surface area contributed by atoms with Crippen LogP contribution in [0.15, 0.2) is 48.5 Å². The fourth-order valence-corrected chi connectivity index (χ4v) is 2.43. The molecule has 3 aromatic rings. The van der Waals surface area contributed by atoms with Gasteiger partial charge in [-0.2, -0.15) is 0 Å². The molecule has 4 heteroatoms. The average molecular weight is 300 g/mol. The van der Waals surface area contributed by atoms with E-state index >= 15 is 0 Å². The fraction of sp³-hybridized carbons (Fsp3) is 0.118. The molecule has 0 aliphatic heterocycles. The van der Waals surface area contributed by atoms with Gasteiger partial charge in [0.1, 0.15) is 0 Å². The Morgan fingerprint density at radius 1 is 1.14 bits per heavy atom. The molecule has 2 aromatic carbocycles. The maximum Gasteiger partial charge on any atom is 0.338 e. The van der Waals surface area contributed by atoms with E-state index in [2.05, 4.69) is 11.1 Å². The van der Waals surface area contributed by atoms with E-state index in [0.29, 0.717) is 17.2 Å². The van der Waals surface area contributed by atoms with Gasteiger partial charge in [0.05, 0.1) is 12.2 Å². The zero-order valence-electron chi connectivity index (χ0n) is 11.5. The summed E-state index contributed by atoms with van der Waals surface area (Å²) in [4.78, 5) is 15.0. The Morgan fingerprint density at radius 3 is 2.62 bits per heavy atom. The minimum Gasteiger partial charge on any atom is -0.462 e. The number of carbonyl (C=O) groups is 1. The highest BCUT2D eigenvalue weighted by molar-refractivity contribution is 6.31. The maximum absolute atomic E-state index is 11.6. The zero-order chi connectivity index (χ0) is 14.8. The number of carbonyl (C=O) groups excluding carboxylic acids is 1. The van der Waals surface area contributed by atoms with Crippen molar-refractivity contribution in [1.82, 2.24) is 4.98 Å². The number of hydrogen-bond donors (Lipinski definition) is 1. The van der Waals surface area contributed by atoms with Crippen LogP contribution >= 0.6 is 11.6 Å². The molecule has 0 saturated carbocycles. The number of nitrogens with one attached hydrogen (secondary N) is 1. The first-order chi connectivity index (χ1) is 10.2. The quantitative estimate of drug-likeness (QED) is 0.714. The number of halogens is 1. The van der Waals surface area contributed by atoms with Crippen LogP contribution in [0.5, 0.6) is 0 Å². The van der Waals surface area contributed by atoms with E-state index in [1.54, 1.807) is 19.1 Å². The van der Waals surface area contributed by atoms with Gasteiger partial charge in [-0.15, -0.1) is 0 Å². The van der Waals surface area contributed by atoms with Crippen LogP contribution < -0.4 is 0 Å². The van der Waals surface area contributed by atoms with E-state index in [1.165, 1.54) is 0 Å². The standard InChI is InChI=1S/C17H14ClNO2/c1-2-21-17(20)12-5-3-11(4-6-12)15-9-13-7-8-14(18)10-16(13)19-15/h3-10,19H,2H2,1H3. The lowest BCUT2D eigenvalue weighted by atomic mass is 10.1. The van der Waals surface area contributed by atoms with E-state index in [9.17, 15) is 4.79 Å². The normalized spacial score (nSPS) is 10.8. The molecule has 3 nitrogen and oxygen atoms in total. The molecule has 1 N–H and O–H groups in total. The third-order valence-corrected chi connectivity index (χ3v) is 3.53. The molecule has 0 saturated heterocycles. The highest BCUT2D eigenvalue weighted by Gasteiger charge is 2.08. The van der Waals surface area contributed by atoms with Crippen LogP contribution in [0.4, 0.5) is 0 Å². The van der Waals surface area contributed by atoms with Gasteiger partial charge in [-0.05, 0) is 42.8 Å². The maximum atomic E-state index is 11.6. The fourth-order valence-electron chi connectivity index (χ4n) is 2.26. The molecule has 0 spiro atoms. The molecular weight excluding hydrogens is 286 g/mol. The second kappa shape index (κ2) is 5.62. The Morgan fingerprint density at radius 2 is 1.90 bits per heavy atom. The first-order valence-corrected chi connectivity index (χ1v) is 7.11. The minimum atomic E-state index is -0.299. The van der Waals surface area contributed by atoms with E-state index in [0.717, 1.165) is 22.2 Å². The molecule has 1 heterocycles. The Kier molecular flexibility index (Phi) is 3.67. The van der Waals surface area contributed by atoms with Crippen LogP contribution in [0.3, 0.4) is 0 Å². The first kappa shape index (κ1) is 13.7. The molecule has 0 amide bonds. The third kappa shape index (κ3) is 2.78. The van der Waals surface area contributed by atoms with E-state index in [4.69, 9.17) is 16.3 Å². The van der Waals surface area contributed by atoms with Crippen LogP contribution in [-0.2, 0) is 4.74 Å². The molecule has 1 aromatic heterocycles. The van der Waals surface area contributed by atoms with Crippen molar-refractivity contribution in [3.05, 3.63) is 59.1 Å². The summed E-state index contributed by atoms with van der Waals surface area (Å²) in [5.74, 6) is -0.299. The van der Waals surface area contributed by atoms with E-state index in [-0.39, 0.29) is 5.97 Å². The van der Waals surface area contributed by atoms with Crippen molar-refractivity contribution in [1.29, 1.82) is 0 Å². The molecule has 21 heavy (non-hydrogen) atoms. The largest absolute Gasteiger partial charge is 0.462 e. The summed E-state index contributed by atoms with van der Waals surface area (Å²) in [6, 6.07) is 15.1. The summed E-state index contributed by atoms with van der Waals surface area (Å²) in [5.41, 5.74) is 3.55. The highest BCUT2D eigenvalue weighted by atomic mass is 35.5. The number of ether oxygens (including phenoxy) is 1. The summed E-state index contributed by atoms with van der Waals surface area (Å²) in [5, 5.41) is 1.80. The molecule has 0 bridgehead atoms. The molecule has 0 aliphatic rings. The number of fused-ring (bicyclic) bond motifs is 1. The molecule has 0 radical (unpaired) electrons. The molecule has 0 unspecified atom stereocenters. The zero-order valence-corrected chi connectivity index (χ0v) is 12.3. The number of benzene rings is 2. The Balaban J connectivity index is 1.93. The van der Waals surface area contributed by atoms with Gasteiger partial charge in [0.25, 0.3) is 0 Å². The molecule has 0 fully saturated rings. The van der Waals surface area contributed by atoms with Crippen LogP contribution in [-0.4, -0.2) is 17.6 Å². The second-order valence-electron chi connectivity index (χ2n) is 4.71. The summed E-state index contributed by atoms with van der Waals surface area (Å²) < 4.78 is 4.97. The number of aromatic amines is 1. The predicted molar refractivity (Wildman–Crippen MR) is 84.7 cm³/mol. The lowest BCUT2D eigenvalue weighted by Crippen LogP contribution is -2.03. The SMILES string of the molecule is CCOC(=O)c1ccc(-c2cc3ccc(Cl)cc3[nH]2)cc1. The molecule has 3 rings (SSSR count). The van der Waals surface area contributed by atoms with Gasteiger partial charge < -0.3 is 9.72 Å². The van der Waals surface area contributed by atoms with Crippen molar-refractivity contribution in [3.8, 4) is 11.3 Å². The van der Waals surface area contributed by atoms with Gasteiger partial charge >= 0.3 is 5.97 Å². The van der Waals surface area contributed by atoms with Crippen LogP contribution in [0, 0.1) is 0 Å². The van der Waals surface area contributed by atoms with Crippen molar-refractivity contribution >= 4 is 28.5 Å². The van der Waals surface area contributed by atoms with Crippen molar-refractivity contribution in [2.45, 2.75) is 6.92 Å². The number of H-pyrrole nitrogens is 1. The third-order valence-electron chi connectivity index (χ3n) is 3.29. The average Bonchev–Trinajstić information content (AvgIpc) is 2.90. The molecule has 0 aliphatic carbocycles. The smallest absolute Gasteiger partial charge is 0.338 e. The van der Waals surface area contributed by atoms with Crippen molar-refractivity contribution in [2.75, 3.05) is 6.61 Å². The molecular formula is C17H14ClNO2. The Hall–Kier alpha value is -2.26. The second-order valence-corrected chi connectivity index (χ2v) is 5.15. The van der Waals surface area contributed by atoms with Gasteiger partial charge in [-0.3, -0.25) is 0 Å². The minimum absolute atomic E-state index is 0.299. The van der Waals surface area contributed by atoms with Gasteiger partial charge in [0, 0.05) is 21.6 Å². The summed E-state index contributed by atoms with van der Waals surface area (Å²) in [6.45, 7) is 2.17. The van der Waals surface area contributed by atoms with Crippen molar-refractivity contribution < 1.29 is 9.53 Å². The topological polar surface area (TPSA) is 42.1 Å². The summed E-state index contributed by atoms with van der Waals surface area (Å²) >= 11 is 5.99. The number of hydrogen-bond acceptors (Lipinski definition) is 2. The van der Waals surface area contributed by atoms with Crippen LogP contribution in [0.1, 0.15) is 17.3 Å². The van der Waals surface area contributed by atoms with Gasteiger partial charge in [-0.1, -0.05) is 29.8 Å². The predicted octanol–water partition coefficient (Wildman–Crippen LogP) is 4.67. The number of esters is 1. The van der Waals surface area contributed by atoms with Gasteiger partial charge in [0.15, 0.2) is 0 Å². The van der Waals surface area contributed by atoms with Crippen molar-refractivity contribution in [3.63, 3.8) is 0 Å². The summed E-state index contributed by atoms with van der Waals surface area (Å²) in [7, 11) is 0. The van der Waals surface area contributed by atoms with Crippen LogP contribution in [0.2, 0.25) is 5.02 Å². The monoisotopic (exact) mass is 299 g/mol. The number of rotatable bonds is 3. The Bertz CT molecular complexity index is 790. The molecule has 0 atom stereocenters. The number of aromatic nitrogens is 1. The lowest BCUT2D eigenvalue weighted by molar-refractivity contribution is 0.0526. The highest BCUT2D eigenvalue weighted by Crippen LogP contribution is 2.26. The first-order valence-electron chi connectivity index (χ1n) is 6.73.